The third kappa shape index (κ3) is 3.28. The zero-order valence-corrected chi connectivity index (χ0v) is 9.11. The first-order valence-electron chi connectivity index (χ1n) is 4.88. The lowest BCUT2D eigenvalue weighted by molar-refractivity contribution is -0.139. The van der Waals surface area contributed by atoms with Crippen molar-refractivity contribution in [2.75, 3.05) is 0 Å². The van der Waals surface area contributed by atoms with Gasteiger partial charge < -0.3 is 10.4 Å². The smallest absolute Gasteiger partial charge is 0.327 e. The van der Waals surface area contributed by atoms with Gasteiger partial charge >= 0.3 is 5.97 Å². The Bertz CT molecular complexity index is 523. The SMILES string of the molecule is C#CC[C@H](NC(=O)c1ccc(F)cc1F)C(=O)O. The van der Waals surface area contributed by atoms with Gasteiger partial charge in [0, 0.05) is 12.5 Å². The van der Waals surface area contributed by atoms with Gasteiger partial charge in [0.1, 0.15) is 17.7 Å². The van der Waals surface area contributed by atoms with E-state index in [-0.39, 0.29) is 6.42 Å². The first kappa shape index (κ1) is 13.6. The van der Waals surface area contributed by atoms with E-state index >= 15 is 0 Å². The lowest BCUT2D eigenvalue weighted by Crippen LogP contribution is -2.40. The van der Waals surface area contributed by atoms with E-state index < -0.39 is 35.1 Å². The zero-order valence-electron chi connectivity index (χ0n) is 9.11. The van der Waals surface area contributed by atoms with Crippen LogP contribution >= 0.6 is 0 Å². The van der Waals surface area contributed by atoms with Crippen molar-refractivity contribution in [1.82, 2.24) is 5.32 Å². The normalized spacial score (nSPS) is 11.4. The van der Waals surface area contributed by atoms with Crippen LogP contribution in [0.4, 0.5) is 8.78 Å². The number of carboxylic acid groups (broad SMARTS) is 1. The number of aliphatic carboxylic acids is 1. The molecule has 4 nitrogen and oxygen atoms in total. The van der Waals surface area contributed by atoms with Crippen LogP contribution in [0.1, 0.15) is 16.8 Å². The Kier molecular flexibility index (Phi) is 4.38. The summed E-state index contributed by atoms with van der Waals surface area (Å²) in [5.41, 5.74) is -0.445. The highest BCUT2D eigenvalue weighted by Gasteiger charge is 2.21. The monoisotopic (exact) mass is 253 g/mol. The van der Waals surface area contributed by atoms with E-state index in [1.165, 1.54) is 0 Å². The van der Waals surface area contributed by atoms with Crippen molar-refractivity contribution in [2.24, 2.45) is 0 Å². The first-order chi connectivity index (χ1) is 8.45. The number of carbonyl (C=O) groups is 2. The van der Waals surface area contributed by atoms with Crippen LogP contribution in [0.5, 0.6) is 0 Å². The second-order valence-corrected chi connectivity index (χ2v) is 3.40. The van der Waals surface area contributed by atoms with E-state index in [0.29, 0.717) is 6.07 Å². The maximum atomic E-state index is 13.2. The minimum atomic E-state index is -1.33. The molecule has 0 aliphatic carbocycles. The maximum Gasteiger partial charge on any atom is 0.327 e. The van der Waals surface area contributed by atoms with Crippen molar-refractivity contribution >= 4 is 11.9 Å². The highest BCUT2D eigenvalue weighted by Crippen LogP contribution is 2.09. The molecule has 0 saturated heterocycles. The van der Waals surface area contributed by atoms with Crippen molar-refractivity contribution < 1.29 is 23.5 Å². The molecule has 0 bridgehead atoms. The topological polar surface area (TPSA) is 66.4 Å². The molecule has 2 N–H and O–H groups in total. The molecule has 0 saturated carbocycles. The van der Waals surface area contributed by atoms with Crippen LogP contribution in [0, 0.1) is 24.0 Å². The fraction of sp³-hybridized carbons (Fsp3) is 0.167. The van der Waals surface area contributed by atoms with E-state index in [9.17, 15) is 18.4 Å². The summed E-state index contributed by atoms with van der Waals surface area (Å²) in [6, 6.07) is 1.04. The lowest BCUT2D eigenvalue weighted by Gasteiger charge is -2.12. The second kappa shape index (κ2) is 5.77. The van der Waals surface area contributed by atoms with Crippen molar-refractivity contribution in [3.8, 4) is 12.3 Å². The maximum absolute atomic E-state index is 13.2. The molecule has 1 rings (SSSR count). The first-order valence-corrected chi connectivity index (χ1v) is 4.88. The molecule has 0 heterocycles. The number of rotatable bonds is 4. The molecule has 1 amide bonds. The predicted octanol–water partition coefficient (Wildman–Crippen LogP) is 1.17. The minimum Gasteiger partial charge on any atom is -0.480 e. The van der Waals surface area contributed by atoms with Crippen LogP contribution < -0.4 is 5.32 Å². The summed E-state index contributed by atoms with van der Waals surface area (Å²) in [7, 11) is 0. The van der Waals surface area contributed by atoms with Crippen molar-refractivity contribution in [3.05, 3.63) is 35.4 Å². The highest BCUT2D eigenvalue weighted by atomic mass is 19.1. The molecule has 18 heavy (non-hydrogen) atoms. The molecular formula is C12H9F2NO3. The van der Waals surface area contributed by atoms with Gasteiger partial charge in [0.05, 0.1) is 5.56 Å². The summed E-state index contributed by atoms with van der Waals surface area (Å²) in [5, 5.41) is 10.8. The Morgan fingerprint density at radius 3 is 2.61 bits per heavy atom. The number of carbonyl (C=O) groups excluding carboxylic acids is 1. The molecule has 6 heteroatoms. The van der Waals surface area contributed by atoms with Gasteiger partial charge in [0.15, 0.2) is 0 Å². The molecule has 0 unspecified atom stereocenters. The van der Waals surface area contributed by atoms with Crippen LogP contribution in [0.3, 0.4) is 0 Å². The number of halogens is 2. The average molecular weight is 253 g/mol. The summed E-state index contributed by atoms with van der Waals surface area (Å²) in [6.07, 6.45) is 4.71. The van der Waals surface area contributed by atoms with Crippen molar-refractivity contribution in [2.45, 2.75) is 12.5 Å². The third-order valence-electron chi connectivity index (χ3n) is 2.10. The standard InChI is InChI=1S/C12H9F2NO3/c1-2-3-10(12(17)18)15-11(16)8-5-4-7(13)6-9(8)14/h1,4-6,10H,3H2,(H,15,16)(H,17,18)/t10-/m0/s1. The number of terminal acetylenes is 1. The van der Waals surface area contributed by atoms with Gasteiger partial charge in [0.25, 0.3) is 5.91 Å². The molecular weight excluding hydrogens is 244 g/mol. The minimum absolute atomic E-state index is 0.232. The van der Waals surface area contributed by atoms with Crippen LogP contribution in [0.15, 0.2) is 18.2 Å². The van der Waals surface area contributed by atoms with Crippen LogP contribution in [-0.2, 0) is 4.79 Å². The van der Waals surface area contributed by atoms with Gasteiger partial charge in [0.2, 0.25) is 0 Å². The summed E-state index contributed by atoms with van der Waals surface area (Å²) in [6.45, 7) is 0. The van der Waals surface area contributed by atoms with E-state index in [0.717, 1.165) is 12.1 Å². The lowest BCUT2D eigenvalue weighted by atomic mass is 10.1. The Hall–Kier alpha value is -2.42. The van der Waals surface area contributed by atoms with Crippen LogP contribution in [0.25, 0.3) is 0 Å². The zero-order chi connectivity index (χ0) is 13.7. The van der Waals surface area contributed by atoms with Gasteiger partial charge in [-0.15, -0.1) is 12.3 Å². The molecule has 0 aliphatic heterocycles. The third-order valence-corrected chi connectivity index (χ3v) is 2.10. The molecule has 0 aliphatic rings. The molecule has 0 spiro atoms. The van der Waals surface area contributed by atoms with Gasteiger partial charge in [-0.2, -0.15) is 0 Å². The van der Waals surface area contributed by atoms with E-state index in [4.69, 9.17) is 11.5 Å². The number of amides is 1. The quantitative estimate of drug-likeness (QED) is 0.791. The number of hydrogen-bond donors (Lipinski definition) is 2. The number of hydrogen-bond acceptors (Lipinski definition) is 2. The van der Waals surface area contributed by atoms with Crippen molar-refractivity contribution in [3.63, 3.8) is 0 Å². The summed E-state index contributed by atoms with van der Waals surface area (Å²) < 4.78 is 25.9. The Morgan fingerprint density at radius 2 is 2.11 bits per heavy atom. The predicted molar refractivity (Wildman–Crippen MR) is 58.7 cm³/mol. The number of carboxylic acids is 1. The van der Waals surface area contributed by atoms with Crippen LogP contribution in [0.2, 0.25) is 0 Å². The molecule has 1 aromatic carbocycles. The Labute approximate surface area is 102 Å². The molecule has 0 aromatic heterocycles. The summed E-state index contributed by atoms with van der Waals surface area (Å²) in [5.74, 6) is -2.12. The van der Waals surface area contributed by atoms with Gasteiger partial charge in [-0.3, -0.25) is 4.79 Å². The molecule has 0 fully saturated rings. The number of benzene rings is 1. The van der Waals surface area contributed by atoms with E-state index in [1.807, 2.05) is 0 Å². The van der Waals surface area contributed by atoms with Gasteiger partial charge in [-0.1, -0.05) is 0 Å². The van der Waals surface area contributed by atoms with Crippen LogP contribution in [-0.4, -0.2) is 23.0 Å². The molecule has 94 valence electrons. The summed E-state index contributed by atoms with van der Waals surface area (Å²) >= 11 is 0. The van der Waals surface area contributed by atoms with Gasteiger partial charge in [-0.25, -0.2) is 13.6 Å². The fourth-order valence-electron chi connectivity index (χ4n) is 1.23. The van der Waals surface area contributed by atoms with E-state index in [1.54, 1.807) is 0 Å². The second-order valence-electron chi connectivity index (χ2n) is 3.40. The number of nitrogens with one attached hydrogen (secondary N) is 1. The largest absolute Gasteiger partial charge is 0.480 e. The Balaban J connectivity index is 2.87. The molecule has 0 radical (unpaired) electrons. The highest BCUT2D eigenvalue weighted by molar-refractivity contribution is 5.96. The van der Waals surface area contributed by atoms with Gasteiger partial charge in [-0.05, 0) is 12.1 Å². The Morgan fingerprint density at radius 1 is 1.44 bits per heavy atom. The van der Waals surface area contributed by atoms with E-state index in [2.05, 4.69) is 11.2 Å². The molecule has 1 aromatic rings. The fourth-order valence-corrected chi connectivity index (χ4v) is 1.23. The van der Waals surface area contributed by atoms with Crippen molar-refractivity contribution in [1.29, 1.82) is 0 Å². The molecule has 1 atom stereocenters. The average Bonchev–Trinajstić information content (AvgIpc) is 2.27. The summed E-state index contributed by atoms with van der Waals surface area (Å²) in [4.78, 5) is 22.3.